The van der Waals surface area contributed by atoms with Gasteiger partial charge in [-0.15, -0.1) is 0 Å². The van der Waals surface area contributed by atoms with Crippen LogP contribution >= 0.6 is 21.6 Å². The molecule has 0 saturated carbocycles. The number of benzene rings is 3. The molecule has 48 heavy (non-hydrogen) atoms. The molecular weight excluding hydrogens is 651 g/mol. The van der Waals surface area contributed by atoms with Gasteiger partial charge in [-0.1, -0.05) is 97.8 Å². The van der Waals surface area contributed by atoms with E-state index in [1.54, 1.807) is 26.2 Å². The van der Waals surface area contributed by atoms with Crippen molar-refractivity contribution in [1.29, 1.82) is 0 Å². The van der Waals surface area contributed by atoms with Crippen LogP contribution in [0.3, 0.4) is 0 Å². The number of amides is 2. The molecule has 3 aromatic rings. The number of rotatable bonds is 9. The molecule has 2 amide bonds. The molecule has 10 N–H and O–H groups in total. The van der Waals surface area contributed by atoms with Crippen molar-refractivity contribution in [1.82, 2.24) is 15.5 Å². The van der Waals surface area contributed by atoms with Gasteiger partial charge in [0, 0.05) is 43.5 Å². The summed E-state index contributed by atoms with van der Waals surface area (Å²) in [6.45, 7) is 16.8. The third kappa shape index (κ3) is 14.7. The van der Waals surface area contributed by atoms with Crippen molar-refractivity contribution in [2.75, 3.05) is 33.7 Å². The van der Waals surface area contributed by atoms with Crippen LogP contribution in [0.1, 0.15) is 73.4 Å². The molecule has 270 valence electrons. The second-order valence-corrected chi connectivity index (χ2v) is 14.8. The molecule has 1 saturated heterocycles. The lowest BCUT2D eigenvalue weighted by atomic mass is 9.86. The minimum absolute atomic E-state index is 0. The fourth-order valence-corrected chi connectivity index (χ4v) is 7.65. The average molecular weight is 708 g/mol. The highest BCUT2D eigenvalue weighted by Crippen LogP contribution is 2.40. The summed E-state index contributed by atoms with van der Waals surface area (Å²) in [5.41, 5.74) is 4.36. The van der Waals surface area contributed by atoms with Crippen LogP contribution in [0.2, 0.25) is 0 Å². The SMILES string of the molecule is CC(Cc1ccc(C(C)(C)C)cc1)CN1C[C@@H](C)O[C@@H](C)C1.CNC(=O)c1ccccc1SSc1ccccc1C(=O)NC.O.O.O.O. The molecule has 1 fully saturated rings. The molecule has 0 bridgehead atoms. The summed E-state index contributed by atoms with van der Waals surface area (Å²) in [5.74, 6) is 0.435. The first-order chi connectivity index (χ1) is 20.9. The van der Waals surface area contributed by atoms with E-state index >= 15 is 0 Å². The predicted molar refractivity (Wildman–Crippen MR) is 200 cm³/mol. The molecule has 1 heterocycles. The van der Waals surface area contributed by atoms with Crippen molar-refractivity contribution in [3.8, 4) is 0 Å². The van der Waals surface area contributed by atoms with Crippen molar-refractivity contribution >= 4 is 33.4 Å². The fourth-order valence-electron chi connectivity index (χ4n) is 5.29. The lowest BCUT2D eigenvalue weighted by Gasteiger charge is -2.36. The Morgan fingerprint density at radius 2 is 1.19 bits per heavy atom. The molecule has 0 radical (unpaired) electrons. The van der Waals surface area contributed by atoms with Gasteiger partial charge < -0.3 is 37.3 Å². The molecule has 0 aromatic heterocycles. The predicted octanol–water partition coefficient (Wildman–Crippen LogP) is 4.18. The van der Waals surface area contributed by atoms with E-state index in [1.165, 1.54) is 39.3 Å². The van der Waals surface area contributed by atoms with Crippen LogP contribution in [0.4, 0.5) is 0 Å². The zero-order chi connectivity index (χ0) is 32.3. The number of hydrogen-bond donors (Lipinski definition) is 2. The molecule has 3 aromatic carbocycles. The quantitative estimate of drug-likeness (QED) is 0.313. The Labute approximate surface area is 294 Å². The zero-order valence-electron chi connectivity index (χ0n) is 29.5. The summed E-state index contributed by atoms with van der Waals surface area (Å²) in [6, 6.07) is 24.0. The topological polar surface area (TPSA) is 197 Å². The van der Waals surface area contributed by atoms with Crippen LogP contribution in [0.5, 0.6) is 0 Å². The lowest BCUT2D eigenvalue weighted by molar-refractivity contribution is -0.0709. The minimum Gasteiger partial charge on any atom is -0.412 e. The van der Waals surface area contributed by atoms with Gasteiger partial charge in [-0.3, -0.25) is 14.5 Å². The van der Waals surface area contributed by atoms with Crippen LogP contribution in [0, 0.1) is 5.92 Å². The van der Waals surface area contributed by atoms with Gasteiger partial charge in [0.2, 0.25) is 0 Å². The molecule has 3 atom stereocenters. The highest BCUT2D eigenvalue weighted by Gasteiger charge is 2.23. The molecule has 1 aliphatic rings. The van der Waals surface area contributed by atoms with Crippen LogP contribution in [0.15, 0.2) is 82.6 Å². The number of morpholine rings is 1. The van der Waals surface area contributed by atoms with Crippen LogP contribution in [0.25, 0.3) is 0 Å². The molecule has 0 spiro atoms. The third-order valence-electron chi connectivity index (χ3n) is 7.41. The van der Waals surface area contributed by atoms with Gasteiger partial charge in [0.15, 0.2) is 0 Å². The Hall–Kier alpha value is -2.94. The van der Waals surface area contributed by atoms with Crippen molar-refractivity contribution < 1.29 is 36.2 Å². The molecule has 12 heteroatoms. The van der Waals surface area contributed by atoms with Crippen molar-refractivity contribution in [2.24, 2.45) is 5.92 Å². The van der Waals surface area contributed by atoms with Crippen molar-refractivity contribution in [3.63, 3.8) is 0 Å². The van der Waals surface area contributed by atoms with Gasteiger partial charge in [0.05, 0.1) is 23.3 Å². The number of carbonyl (C=O) groups excluding carboxylic acids is 2. The fraction of sp³-hybridized carbons (Fsp3) is 0.444. The van der Waals surface area contributed by atoms with Gasteiger partial charge >= 0.3 is 0 Å². The summed E-state index contributed by atoms with van der Waals surface area (Å²) in [6.07, 6.45) is 1.88. The standard InChI is InChI=1S/C20H33NO.C16H16N2O2S2.4H2O/c1-15(12-21-13-16(2)22-17(3)14-21)11-18-7-9-19(10-8-18)20(4,5)6;1-17-15(19)11-7-3-5-9-13(11)21-22-14-10-6-4-8-12(14)16(20)18-2;;;;/h7-10,15-17H,11-14H2,1-6H3;3-10H,1-2H3,(H,17,19)(H,18,20);4*1H2/t15?,16-,17+;;;;;. The summed E-state index contributed by atoms with van der Waals surface area (Å²) < 4.78 is 5.82. The first-order valence-corrected chi connectivity index (χ1v) is 17.5. The molecule has 1 aliphatic heterocycles. The van der Waals surface area contributed by atoms with Crippen molar-refractivity contribution in [3.05, 3.63) is 95.1 Å². The van der Waals surface area contributed by atoms with Crippen LogP contribution in [-0.2, 0) is 16.6 Å². The number of hydrogen-bond acceptors (Lipinski definition) is 6. The normalized spacial score (nSPS) is 16.2. The van der Waals surface area contributed by atoms with Crippen LogP contribution in [-0.4, -0.2) is 84.6 Å². The summed E-state index contributed by atoms with van der Waals surface area (Å²) in [4.78, 5) is 28.0. The van der Waals surface area contributed by atoms with E-state index in [-0.39, 0.29) is 39.1 Å². The first kappa shape index (κ1) is 47.2. The monoisotopic (exact) mass is 707 g/mol. The molecule has 4 rings (SSSR count). The Morgan fingerprint density at radius 1 is 0.771 bits per heavy atom. The van der Waals surface area contributed by atoms with E-state index in [0.29, 0.717) is 29.3 Å². The second kappa shape index (κ2) is 22.6. The lowest BCUT2D eigenvalue weighted by Crippen LogP contribution is -2.47. The summed E-state index contributed by atoms with van der Waals surface area (Å²) in [5, 5.41) is 5.27. The van der Waals surface area contributed by atoms with E-state index in [2.05, 4.69) is 81.3 Å². The minimum atomic E-state index is -0.122. The highest BCUT2D eigenvalue weighted by atomic mass is 33.1. The number of nitrogens with zero attached hydrogens (tertiary/aromatic N) is 1. The first-order valence-electron chi connectivity index (χ1n) is 15.3. The maximum atomic E-state index is 11.9. The molecule has 1 unspecified atom stereocenters. The highest BCUT2D eigenvalue weighted by molar-refractivity contribution is 8.76. The van der Waals surface area contributed by atoms with E-state index < -0.39 is 0 Å². The van der Waals surface area contributed by atoms with E-state index in [9.17, 15) is 9.59 Å². The van der Waals surface area contributed by atoms with Gasteiger partial charge in [0.25, 0.3) is 11.8 Å². The second-order valence-electron chi connectivity index (χ2n) is 12.5. The molecular formula is C36H57N3O7S2. The Bertz CT molecular complexity index is 1300. The maximum absolute atomic E-state index is 11.9. The van der Waals surface area contributed by atoms with Gasteiger partial charge in [-0.2, -0.15) is 0 Å². The molecule has 0 aliphatic carbocycles. The molecule has 10 nitrogen and oxygen atoms in total. The summed E-state index contributed by atoms with van der Waals surface area (Å²) >= 11 is 0. The Balaban J connectivity index is 0. The zero-order valence-corrected chi connectivity index (χ0v) is 31.1. The number of nitrogens with one attached hydrogen (secondary N) is 2. The number of ether oxygens (including phenoxy) is 1. The Kier molecular flexibility index (Phi) is 22.3. The van der Waals surface area contributed by atoms with Gasteiger partial charge in [-0.25, -0.2) is 0 Å². The maximum Gasteiger partial charge on any atom is 0.252 e. The van der Waals surface area contributed by atoms with E-state index in [4.69, 9.17) is 4.74 Å². The third-order valence-corrected chi connectivity index (χ3v) is 9.89. The van der Waals surface area contributed by atoms with E-state index in [0.717, 1.165) is 29.3 Å². The van der Waals surface area contributed by atoms with Crippen LogP contribution < -0.4 is 10.6 Å². The average Bonchev–Trinajstić information content (AvgIpc) is 2.99. The van der Waals surface area contributed by atoms with Gasteiger partial charge in [0.1, 0.15) is 0 Å². The summed E-state index contributed by atoms with van der Waals surface area (Å²) in [7, 11) is 6.14. The van der Waals surface area contributed by atoms with Gasteiger partial charge in [-0.05, 0) is 67.0 Å². The smallest absolute Gasteiger partial charge is 0.252 e. The Morgan fingerprint density at radius 3 is 1.58 bits per heavy atom. The number of carbonyl (C=O) groups is 2. The van der Waals surface area contributed by atoms with E-state index in [1.807, 2.05) is 36.4 Å². The van der Waals surface area contributed by atoms with Crippen molar-refractivity contribution in [2.45, 2.75) is 75.4 Å². The largest absolute Gasteiger partial charge is 0.412 e.